The fourth-order valence-electron chi connectivity index (χ4n) is 3.56. The zero-order valence-electron chi connectivity index (χ0n) is 12.9. The molecular formula is C18H28FN. The summed E-state index contributed by atoms with van der Waals surface area (Å²) in [5.74, 6) is 1.26. The summed E-state index contributed by atoms with van der Waals surface area (Å²) in [7, 11) is 0. The molecule has 2 rings (SSSR count). The van der Waals surface area contributed by atoms with E-state index in [1.807, 2.05) is 13.0 Å². The van der Waals surface area contributed by atoms with E-state index in [1.165, 1.54) is 44.9 Å². The van der Waals surface area contributed by atoms with Crippen LogP contribution in [0.4, 0.5) is 4.39 Å². The van der Waals surface area contributed by atoms with Gasteiger partial charge in [-0.15, -0.1) is 0 Å². The number of hydrogen-bond donors (Lipinski definition) is 1. The van der Waals surface area contributed by atoms with Crippen molar-refractivity contribution in [2.45, 2.75) is 64.8 Å². The minimum absolute atomic E-state index is 0.00322. The van der Waals surface area contributed by atoms with Gasteiger partial charge in [-0.05, 0) is 54.9 Å². The predicted octanol–water partition coefficient (Wildman–Crippen LogP) is 5.13. The monoisotopic (exact) mass is 277 g/mol. The first kappa shape index (κ1) is 15.5. The molecule has 0 bridgehead atoms. The summed E-state index contributed by atoms with van der Waals surface area (Å²) < 4.78 is 13.5. The molecule has 0 amide bonds. The maximum Gasteiger partial charge on any atom is 0.123 e. The van der Waals surface area contributed by atoms with E-state index in [4.69, 9.17) is 5.73 Å². The Morgan fingerprint density at radius 3 is 2.50 bits per heavy atom. The van der Waals surface area contributed by atoms with E-state index in [0.717, 1.165) is 17.0 Å². The lowest BCUT2D eigenvalue weighted by Crippen LogP contribution is -2.26. The molecule has 20 heavy (non-hydrogen) atoms. The van der Waals surface area contributed by atoms with Crippen LogP contribution < -0.4 is 5.73 Å². The van der Waals surface area contributed by atoms with Gasteiger partial charge in [0.05, 0.1) is 0 Å². The first-order valence-corrected chi connectivity index (χ1v) is 8.12. The van der Waals surface area contributed by atoms with Gasteiger partial charge in [-0.25, -0.2) is 4.39 Å². The van der Waals surface area contributed by atoms with Crippen LogP contribution in [-0.2, 0) is 0 Å². The van der Waals surface area contributed by atoms with Crippen LogP contribution in [0.5, 0.6) is 0 Å². The zero-order chi connectivity index (χ0) is 14.5. The molecule has 1 aromatic carbocycles. The van der Waals surface area contributed by atoms with Crippen LogP contribution in [0.3, 0.4) is 0 Å². The van der Waals surface area contributed by atoms with Crippen molar-refractivity contribution in [1.29, 1.82) is 0 Å². The van der Waals surface area contributed by atoms with Gasteiger partial charge >= 0.3 is 0 Å². The van der Waals surface area contributed by atoms with E-state index in [0.29, 0.717) is 5.92 Å². The molecule has 2 N–H and O–H groups in total. The lowest BCUT2D eigenvalue weighted by Gasteiger charge is -2.32. The first-order valence-electron chi connectivity index (χ1n) is 8.12. The predicted molar refractivity (Wildman–Crippen MR) is 83.0 cm³/mol. The smallest absolute Gasteiger partial charge is 0.123 e. The SMILES string of the molecule is CCCCC1CCC(C(N)c2cc(C)cc(F)c2)CC1. The maximum atomic E-state index is 13.5. The Labute approximate surface area is 122 Å². The van der Waals surface area contributed by atoms with Crippen LogP contribution in [0.25, 0.3) is 0 Å². The number of unbranched alkanes of at least 4 members (excludes halogenated alkanes) is 1. The lowest BCUT2D eigenvalue weighted by atomic mass is 9.75. The Kier molecular flexibility index (Phi) is 5.59. The van der Waals surface area contributed by atoms with Crippen LogP contribution in [0.15, 0.2) is 18.2 Å². The summed E-state index contributed by atoms with van der Waals surface area (Å²) in [4.78, 5) is 0. The summed E-state index contributed by atoms with van der Waals surface area (Å²) in [6, 6.07) is 5.21. The third-order valence-corrected chi connectivity index (χ3v) is 4.81. The highest BCUT2D eigenvalue weighted by Crippen LogP contribution is 2.37. The number of hydrogen-bond acceptors (Lipinski definition) is 1. The summed E-state index contributed by atoms with van der Waals surface area (Å²) in [5.41, 5.74) is 8.32. The molecule has 1 saturated carbocycles. The Morgan fingerprint density at radius 1 is 1.20 bits per heavy atom. The van der Waals surface area contributed by atoms with Gasteiger partial charge in [0.25, 0.3) is 0 Å². The molecule has 0 aromatic heterocycles. The number of aryl methyl sites for hydroxylation is 1. The third kappa shape index (κ3) is 4.05. The molecule has 0 radical (unpaired) electrons. The van der Waals surface area contributed by atoms with Crippen molar-refractivity contribution in [3.8, 4) is 0 Å². The van der Waals surface area contributed by atoms with Gasteiger partial charge in [-0.2, -0.15) is 0 Å². The van der Waals surface area contributed by atoms with Crippen molar-refractivity contribution in [3.63, 3.8) is 0 Å². The van der Waals surface area contributed by atoms with Gasteiger partial charge < -0.3 is 5.73 Å². The van der Waals surface area contributed by atoms with Crippen LogP contribution in [0.2, 0.25) is 0 Å². The molecule has 0 spiro atoms. The molecule has 0 heterocycles. The molecular weight excluding hydrogens is 249 g/mol. The molecule has 0 saturated heterocycles. The van der Waals surface area contributed by atoms with E-state index in [2.05, 4.69) is 6.92 Å². The van der Waals surface area contributed by atoms with Crippen LogP contribution in [0.1, 0.15) is 69.0 Å². The molecule has 1 unspecified atom stereocenters. The molecule has 2 heteroatoms. The molecule has 1 aliphatic rings. The number of halogens is 1. The van der Waals surface area contributed by atoms with Crippen molar-refractivity contribution < 1.29 is 4.39 Å². The lowest BCUT2D eigenvalue weighted by molar-refractivity contribution is 0.232. The Morgan fingerprint density at radius 2 is 1.90 bits per heavy atom. The summed E-state index contributed by atoms with van der Waals surface area (Å²) in [5, 5.41) is 0. The van der Waals surface area contributed by atoms with Crippen LogP contribution in [-0.4, -0.2) is 0 Å². The van der Waals surface area contributed by atoms with Crippen molar-refractivity contribution in [2.24, 2.45) is 17.6 Å². The third-order valence-electron chi connectivity index (χ3n) is 4.81. The van der Waals surface area contributed by atoms with Crippen molar-refractivity contribution >= 4 is 0 Å². The normalized spacial score (nSPS) is 24.6. The van der Waals surface area contributed by atoms with Gasteiger partial charge in [-0.1, -0.05) is 45.1 Å². The summed E-state index contributed by atoms with van der Waals surface area (Å²) >= 11 is 0. The van der Waals surface area contributed by atoms with Gasteiger partial charge in [-0.3, -0.25) is 0 Å². The zero-order valence-corrected chi connectivity index (χ0v) is 12.9. The summed E-state index contributed by atoms with van der Waals surface area (Å²) in [6.07, 6.45) is 9.01. The van der Waals surface area contributed by atoms with Gasteiger partial charge in [0.1, 0.15) is 5.82 Å². The Hall–Kier alpha value is -0.890. The van der Waals surface area contributed by atoms with Gasteiger partial charge in [0.15, 0.2) is 0 Å². The van der Waals surface area contributed by atoms with Crippen molar-refractivity contribution in [1.82, 2.24) is 0 Å². The minimum atomic E-state index is -0.160. The number of benzene rings is 1. The fraction of sp³-hybridized carbons (Fsp3) is 0.667. The second-order valence-corrected chi connectivity index (χ2v) is 6.51. The molecule has 1 fully saturated rings. The highest BCUT2D eigenvalue weighted by atomic mass is 19.1. The van der Waals surface area contributed by atoms with E-state index in [-0.39, 0.29) is 11.9 Å². The highest BCUT2D eigenvalue weighted by Gasteiger charge is 2.26. The van der Waals surface area contributed by atoms with E-state index in [9.17, 15) is 4.39 Å². The van der Waals surface area contributed by atoms with E-state index >= 15 is 0 Å². The number of nitrogens with two attached hydrogens (primary N) is 1. The van der Waals surface area contributed by atoms with Gasteiger partial charge in [0, 0.05) is 6.04 Å². The topological polar surface area (TPSA) is 26.0 Å². The number of rotatable bonds is 5. The summed E-state index contributed by atoms with van der Waals surface area (Å²) in [6.45, 7) is 4.19. The molecule has 1 aromatic rings. The molecule has 1 atom stereocenters. The van der Waals surface area contributed by atoms with Crippen molar-refractivity contribution in [3.05, 3.63) is 35.1 Å². The largest absolute Gasteiger partial charge is 0.324 e. The second-order valence-electron chi connectivity index (χ2n) is 6.51. The molecule has 1 aliphatic carbocycles. The minimum Gasteiger partial charge on any atom is -0.324 e. The Balaban J connectivity index is 1.92. The van der Waals surface area contributed by atoms with E-state index < -0.39 is 0 Å². The molecule has 0 aliphatic heterocycles. The van der Waals surface area contributed by atoms with Crippen molar-refractivity contribution in [2.75, 3.05) is 0 Å². The first-order chi connectivity index (χ1) is 9.60. The fourth-order valence-corrected chi connectivity index (χ4v) is 3.56. The second kappa shape index (κ2) is 7.21. The molecule has 112 valence electrons. The Bertz CT molecular complexity index is 401. The standard InChI is InChI=1S/C18H28FN/c1-3-4-5-14-6-8-15(9-7-14)18(20)16-10-13(2)11-17(19)12-16/h10-12,14-15,18H,3-9,20H2,1-2H3. The quantitative estimate of drug-likeness (QED) is 0.793. The van der Waals surface area contributed by atoms with Crippen LogP contribution >= 0.6 is 0 Å². The maximum absolute atomic E-state index is 13.5. The van der Waals surface area contributed by atoms with Crippen LogP contribution in [0, 0.1) is 24.6 Å². The average molecular weight is 277 g/mol. The van der Waals surface area contributed by atoms with Gasteiger partial charge in [0.2, 0.25) is 0 Å². The van der Waals surface area contributed by atoms with E-state index in [1.54, 1.807) is 12.1 Å². The average Bonchev–Trinajstić information content (AvgIpc) is 2.44. The highest BCUT2D eigenvalue weighted by molar-refractivity contribution is 5.26. The molecule has 1 nitrogen and oxygen atoms in total.